The molecular weight excluding hydrogens is 377 g/mol. The molecule has 8 heteroatoms. The topological polar surface area (TPSA) is 17.8 Å². The lowest BCUT2D eigenvalue weighted by Gasteiger charge is -2.19. The minimum atomic E-state index is 0.334. The summed E-state index contributed by atoms with van der Waals surface area (Å²) in [4.78, 5) is 4.11. The molecule has 0 saturated heterocycles. The number of hydrogen-bond acceptors (Lipinski definition) is 7. The number of nitrogens with zero attached hydrogens (tertiary/aromatic N) is 2. The first-order valence-electron chi connectivity index (χ1n) is 6.95. The number of thiol groups is 2. The second kappa shape index (κ2) is 12.7. The van der Waals surface area contributed by atoms with E-state index in [-0.39, 0.29) is 0 Å². The van der Waals surface area contributed by atoms with Gasteiger partial charge in [-0.2, -0.15) is 24.4 Å². The van der Waals surface area contributed by atoms with Crippen LogP contribution in [-0.2, 0) is 0 Å². The molecule has 0 N–H and O–H groups in total. The second-order valence-electron chi connectivity index (χ2n) is 4.79. The first kappa shape index (κ1) is 20.4. The maximum Gasteiger partial charge on any atom is 0.0991 e. The van der Waals surface area contributed by atoms with E-state index in [1.54, 1.807) is 10.8 Å². The molecule has 0 spiro atoms. The van der Waals surface area contributed by atoms with Crippen molar-refractivity contribution >= 4 is 68.4 Å². The summed E-state index contributed by atoms with van der Waals surface area (Å²) in [6.45, 7) is 4.58. The molecule has 3 unspecified atom stereocenters. The van der Waals surface area contributed by atoms with E-state index in [0.717, 1.165) is 23.2 Å². The van der Waals surface area contributed by atoms with Crippen LogP contribution >= 0.6 is 68.4 Å². The van der Waals surface area contributed by atoms with E-state index in [9.17, 15) is 0 Å². The van der Waals surface area contributed by atoms with Gasteiger partial charge in [0, 0.05) is 40.7 Å². The molecule has 1 aromatic rings. The van der Waals surface area contributed by atoms with Crippen LogP contribution < -0.4 is 0 Å². The predicted molar refractivity (Wildman–Crippen MR) is 112 cm³/mol. The minimum absolute atomic E-state index is 0.334. The Bertz CT molecular complexity index is 348. The van der Waals surface area contributed by atoms with Gasteiger partial charge in [-0.3, -0.25) is 0 Å². The van der Waals surface area contributed by atoms with Gasteiger partial charge in [-0.1, -0.05) is 52.6 Å². The van der Waals surface area contributed by atoms with Gasteiger partial charge < -0.3 is 4.57 Å². The van der Waals surface area contributed by atoms with Crippen molar-refractivity contribution in [1.29, 1.82) is 0 Å². The Balaban J connectivity index is 2.23. The molecule has 0 aliphatic heterocycles. The molecule has 0 saturated carbocycles. The van der Waals surface area contributed by atoms with Gasteiger partial charge in [0.1, 0.15) is 0 Å². The van der Waals surface area contributed by atoms with Gasteiger partial charge in [-0.05, 0) is 5.92 Å². The summed E-state index contributed by atoms with van der Waals surface area (Å²) < 4.78 is 2.12. The summed E-state index contributed by atoms with van der Waals surface area (Å²) in [5, 5.41) is 0.926. The van der Waals surface area contributed by atoms with Gasteiger partial charge in [0.2, 0.25) is 0 Å². The van der Waals surface area contributed by atoms with Crippen molar-refractivity contribution in [3.05, 3.63) is 18.7 Å². The van der Waals surface area contributed by atoms with E-state index in [0.29, 0.717) is 10.6 Å². The molecule has 0 aromatic carbocycles. The smallest absolute Gasteiger partial charge is 0.0991 e. The summed E-state index contributed by atoms with van der Waals surface area (Å²) in [5.74, 6) is 5.18. The summed E-state index contributed by atoms with van der Waals surface area (Å²) in [6, 6.07) is 0. The average molecular weight is 401 g/mol. The fourth-order valence-corrected chi connectivity index (χ4v) is 7.85. The first-order valence-corrected chi connectivity index (χ1v) is 13.1. The summed E-state index contributed by atoms with van der Waals surface area (Å²) in [7, 11) is 5.56. The van der Waals surface area contributed by atoms with Crippen molar-refractivity contribution in [3.63, 3.8) is 0 Å². The third kappa shape index (κ3) is 8.65. The normalized spacial score (nSPS) is 15.8. The van der Waals surface area contributed by atoms with Gasteiger partial charge in [0.05, 0.1) is 11.7 Å². The summed E-state index contributed by atoms with van der Waals surface area (Å²) in [5.41, 5.74) is 0. The van der Waals surface area contributed by atoms with Crippen LogP contribution in [0, 0.1) is 5.92 Å². The lowest BCUT2D eigenvalue weighted by atomic mass is 10.2. The lowest BCUT2D eigenvalue weighted by molar-refractivity contribution is 0.638. The Kier molecular flexibility index (Phi) is 12.3. The van der Waals surface area contributed by atoms with Crippen molar-refractivity contribution in [2.75, 3.05) is 23.0 Å². The van der Waals surface area contributed by atoms with Crippen molar-refractivity contribution in [2.45, 2.75) is 30.9 Å². The fourth-order valence-electron chi connectivity index (χ4n) is 1.39. The number of imidazole rings is 1. The zero-order valence-corrected chi connectivity index (χ0v) is 17.5. The molecule has 1 heterocycles. The Hall–Kier alpha value is 1.31. The van der Waals surface area contributed by atoms with Crippen molar-refractivity contribution < 1.29 is 0 Å². The van der Waals surface area contributed by atoms with Crippen LogP contribution in [0.15, 0.2) is 18.7 Å². The molecule has 2 nitrogen and oxygen atoms in total. The van der Waals surface area contributed by atoms with E-state index in [1.165, 1.54) is 12.2 Å². The van der Waals surface area contributed by atoms with E-state index < -0.39 is 0 Å². The number of thioether (sulfide) groups is 1. The van der Waals surface area contributed by atoms with Crippen LogP contribution in [-0.4, -0.2) is 37.8 Å². The van der Waals surface area contributed by atoms with Gasteiger partial charge >= 0.3 is 0 Å². The average Bonchev–Trinajstić information content (AvgIpc) is 3.03. The Morgan fingerprint density at radius 3 is 2.57 bits per heavy atom. The molecule has 21 heavy (non-hydrogen) atoms. The van der Waals surface area contributed by atoms with E-state index in [4.69, 9.17) is 0 Å². The lowest BCUT2D eigenvalue weighted by Crippen LogP contribution is -2.13. The molecule has 0 fully saturated rings. The highest BCUT2D eigenvalue weighted by Crippen LogP contribution is 2.34. The Labute approximate surface area is 155 Å². The zero-order valence-electron chi connectivity index (χ0n) is 12.4. The molecular formula is C13H24N2S6. The molecule has 0 bridgehead atoms. The maximum absolute atomic E-state index is 4.50. The second-order valence-corrected chi connectivity index (χ2v) is 10.4. The molecule has 0 aliphatic rings. The standard InChI is InChI=1S/C13H24N2S6/c1-3-11(2)7-19-20-8-12(6-16)18-9-13(21-17)15-5-4-14-10-15/h4-5,10-13,16-17H,3,6-9H2,1-2H3. The SMILES string of the molecule is CCC(C)CSSCC(CS)SCC(SS)n1ccnc1. The summed E-state index contributed by atoms with van der Waals surface area (Å²) in [6.07, 6.45) is 6.95. The fraction of sp³-hybridized carbons (Fsp3) is 0.769. The van der Waals surface area contributed by atoms with E-state index in [2.05, 4.69) is 47.7 Å². The van der Waals surface area contributed by atoms with Crippen LogP contribution in [0.3, 0.4) is 0 Å². The monoisotopic (exact) mass is 400 g/mol. The highest BCUT2D eigenvalue weighted by Gasteiger charge is 2.14. The van der Waals surface area contributed by atoms with Gasteiger partial charge in [-0.15, -0.1) is 11.7 Å². The first-order chi connectivity index (χ1) is 10.2. The highest BCUT2D eigenvalue weighted by molar-refractivity contribution is 8.76. The molecule has 0 amide bonds. The van der Waals surface area contributed by atoms with Crippen LogP contribution in [0.5, 0.6) is 0 Å². The third-order valence-corrected chi connectivity index (χ3v) is 9.58. The van der Waals surface area contributed by atoms with E-state index >= 15 is 0 Å². The largest absolute Gasteiger partial charge is 0.323 e. The van der Waals surface area contributed by atoms with Crippen molar-refractivity contribution in [1.82, 2.24) is 9.55 Å². The Morgan fingerprint density at radius 1 is 1.24 bits per heavy atom. The number of rotatable bonds is 12. The quantitative estimate of drug-likeness (QED) is 0.276. The van der Waals surface area contributed by atoms with Crippen molar-refractivity contribution in [3.8, 4) is 0 Å². The molecule has 3 atom stereocenters. The maximum atomic E-state index is 4.50. The van der Waals surface area contributed by atoms with Crippen LogP contribution in [0.2, 0.25) is 0 Å². The molecule has 1 rings (SSSR count). The predicted octanol–water partition coefficient (Wildman–Crippen LogP) is 5.42. The third-order valence-electron chi connectivity index (χ3n) is 3.04. The highest BCUT2D eigenvalue weighted by atomic mass is 33.1. The minimum Gasteiger partial charge on any atom is -0.323 e. The Morgan fingerprint density at radius 2 is 2.00 bits per heavy atom. The van der Waals surface area contributed by atoms with Crippen LogP contribution in [0.1, 0.15) is 25.6 Å². The van der Waals surface area contributed by atoms with E-state index in [1.807, 2.05) is 52.1 Å². The van der Waals surface area contributed by atoms with Gasteiger partial charge in [0.25, 0.3) is 0 Å². The van der Waals surface area contributed by atoms with Gasteiger partial charge in [0.15, 0.2) is 0 Å². The number of aromatic nitrogens is 2. The van der Waals surface area contributed by atoms with Crippen LogP contribution in [0.25, 0.3) is 0 Å². The van der Waals surface area contributed by atoms with Crippen molar-refractivity contribution in [2.24, 2.45) is 5.92 Å². The van der Waals surface area contributed by atoms with Crippen LogP contribution in [0.4, 0.5) is 0 Å². The molecule has 0 radical (unpaired) electrons. The van der Waals surface area contributed by atoms with Gasteiger partial charge in [-0.25, -0.2) is 4.98 Å². The summed E-state index contributed by atoms with van der Waals surface area (Å²) >= 11 is 10.9. The molecule has 0 aliphatic carbocycles. The molecule has 122 valence electrons. The molecule has 1 aromatic heterocycles. The zero-order chi connectivity index (χ0) is 15.5. The number of hydrogen-bond donors (Lipinski definition) is 2.